The number of hydrogen-bond donors (Lipinski definition) is 4. The van der Waals surface area contributed by atoms with Gasteiger partial charge in [-0.15, -0.1) is 0 Å². The van der Waals surface area contributed by atoms with Crippen LogP contribution in [0.4, 0.5) is 0 Å². The second-order valence-electron chi connectivity index (χ2n) is 9.93. The van der Waals surface area contributed by atoms with Gasteiger partial charge in [-0.05, 0) is 55.7 Å². The van der Waals surface area contributed by atoms with Crippen molar-refractivity contribution in [3.63, 3.8) is 0 Å². The lowest BCUT2D eigenvalue weighted by Crippen LogP contribution is -2.49. The normalized spacial score (nSPS) is 33.7. The summed E-state index contributed by atoms with van der Waals surface area (Å²) in [6, 6.07) is 5.49. The highest BCUT2D eigenvalue weighted by Gasteiger charge is 2.34. The van der Waals surface area contributed by atoms with E-state index in [-0.39, 0.29) is 36.5 Å². The van der Waals surface area contributed by atoms with Crippen molar-refractivity contribution < 1.29 is 24.2 Å². The molecule has 3 heterocycles. The highest BCUT2D eigenvalue weighted by Crippen LogP contribution is 2.36. The Bertz CT molecular complexity index is 872. The minimum atomic E-state index is -0.584. The highest BCUT2D eigenvalue weighted by atomic mass is 16.5. The largest absolute Gasteiger partial charge is 0.493 e. The van der Waals surface area contributed by atoms with Crippen LogP contribution in [0.2, 0.25) is 0 Å². The van der Waals surface area contributed by atoms with Crippen LogP contribution in [-0.2, 0) is 9.53 Å². The molecule has 5 atom stereocenters. The van der Waals surface area contributed by atoms with Crippen LogP contribution in [0.15, 0.2) is 18.2 Å². The molecule has 4 bridgehead atoms. The van der Waals surface area contributed by atoms with E-state index in [9.17, 15) is 14.7 Å². The van der Waals surface area contributed by atoms with Gasteiger partial charge in [0.25, 0.3) is 5.91 Å². The number of aliphatic hydroxyl groups is 1. The van der Waals surface area contributed by atoms with E-state index in [0.29, 0.717) is 49.6 Å². The number of fused-ring (bicyclic) bond motifs is 5. The van der Waals surface area contributed by atoms with Crippen LogP contribution in [0.5, 0.6) is 5.75 Å². The zero-order chi connectivity index (χ0) is 22.8. The minimum absolute atomic E-state index is 0.0486. The molecule has 180 valence electrons. The van der Waals surface area contributed by atoms with Crippen LogP contribution >= 0.6 is 0 Å². The SMILES string of the molecule is O=C1N[C@@H]2CN[C@@H](C2)C(=O)NC[C@H]2O[C@H](CCOc3cc(C4CCCC4)ccc31)CC[C@@H]2O. The molecule has 4 N–H and O–H groups in total. The van der Waals surface area contributed by atoms with Crippen LogP contribution in [0.3, 0.4) is 0 Å². The fraction of sp³-hybridized carbons (Fsp3) is 0.680. The number of rotatable bonds is 1. The Kier molecular flexibility index (Phi) is 6.85. The number of ether oxygens (including phenoxy) is 2. The van der Waals surface area contributed by atoms with Crippen LogP contribution in [-0.4, -0.2) is 67.0 Å². The lowest BCUT2D eigenvalue weighted by Gasteiger charge is -2.34. The van der Waals surface area contributed by atoms with Gasteiger partial charge in [0.2, 0.25) is 5.91 Å². The molecule has 8 nitrogen and oxygen atoms in total. The zero-order valence-electron chi connectivity index (χ0n) is 19.1. The fourth-order valence-electron chi connectivity index (χ4n) is 5.64. The number of amides is 2. The summed E-state index contributed by atoms with van der Waals surface area (Å²) in [6.45, 7) is 1.24. The summed E-state index contributed by atoms with van der Waals surface area (Å²) < 4.78 is 12.3. The third-order valence-corrected chi connectivity index (χ3v) is 7.62. The molecule has 3 fully saturated rings. The first-order valence-corrected chi connectivity index (χ1v) is 12.5. The van der Waals surface area contributed by atoms with Crippen LogP contribution in [0, 0.1) is 0 Å². The van der Waals surface area contributed by atoms with Crippen molar-refractivity contribution in [2.75, 3.05) is 19.7 Å². The van der Waals surface area contributed by atoms with Gasteiger partial charge in [-0.1, -0.05) is 18.9 Å². The van der Waals surface area contributed by atoms with Crippen LogP contribution in [0.25, 0.3) is 0 Å². The molecule has 0 unspecified atom stereocenters. The summed E-state index contributed by atoms with van der Waals surface area (Å²) in [5.74, 6) is 0.864. The molecule has 0 aromatic heterocycles. The molecule has 1 aromatic rings. The molecule has 1 aliphatic carbocycles. The molecule has 2 amide bonds. The fourth-order valence-corrected chi connectivity index (χ4v) is 5.64. The van der Waals surface area contributed by atoms with Crippen molar-refractivity contribution in [1.82, 2.24) is 16.0 Å². The Labute approximate surface area is 194 Å². The van der Waals surface area contributed by atoms with Crippen molar-refractivity contribution in [2.45, 2.75) is 87.7 Å². The molecule has 2 saturated heterocycles. The average molecular weight is 458 g/mol. The Morgan fingerprint density at radius 3 is 2.70 bits per heavy atom. The van der Waals surface area contributed by atoms with E-state index in [4.69, 9.17) is 9.47 Å². The standard InChI is InChI=1S/C25H35N3O5/c29-21-8-6-18-9-10-32-22-11-16(15-3-1-2-4-15)5-7-19(22)24(30)28-17-12-20(26-13-17)25(31)27-14-23(21)33-18/h5,7,11,15,17-18,20-21,23,26,29H,1-4,6,8-10,12-14H2,(H,27,31)(H,28,30)/t17-,18-,20-,21-,23+/m0/s1. The van der Waals surface area contributed by atoms with Crippen molar-refractivity contribution in [3.05, 3.63) is 29.3 Å². The predicted octanol–water partition coefficient (Wildman–Crippen LogP) is 1.61. The lowest BCUT2D eigenvalue weighted by atomic mass is 9.95. The van der Waals surface area contributed by atoms with Crippen LogP contribution < -0.4 is 20.7 Å². The molecular formula is C25H35N3O5. The van der Waals surface area contributed by atoms with E-state index < -0.39 is 12.2 Å². The first kappa shape index (κ1) is 22.6. The summed E-state index contributed by atoms with van der Waals surface area (Å²) in [7, 11) is 0. The molecule has 1 aromatic carbocycles. The van der Waals surface area contributed by atoms with E-state index in [1.54, 1.807) is 0 Å². The monoisotopic (exact) mass is 457 g/mol. The summed E-state index contributed by atoms with van der Waals surface area (Å²) in [5, 5.41) is 19.5. The summed E-state index contributed by atoms with van der Waals surface area (Å²) in [4.78, 5) is 25.8. The van der Waals surface area contributed by atoms with Crippen molar-refractivity contribution in [2.24, 2.45) is 0 Å². The Hall–Kier alpha value is -2.16. The molecule has 33 heavy (non-hydrogen) atoms. The second kappa shape index (κ2) is 9.99. The minimum Gasteiger partial charge on any atom is -0.493 e. The first-order valence-electron chi connectivity index (χ1n) is 12.5. The predicted molar refractivity (Wildman–Crippen MR) is 122 cm³/mol. The molecule has 1 saturated carbocycles. The maximum absolute atomic E-state index is 13.1. The third kappa shape index (κ3) is 5.18. The van der Waals surface area contributed by atoms with E-state index in [1.807, 2.05) is 12.1 Å². The molecule has 4 aliphatic rings. The quantitative estimate of drug-likeness (QED) is 0.510. The number of aliphatic hydroxyl groups excluding tert-OH is 1. The Morgan fingerprint density at radius 2 is 1.85 bits per heavy atom. The highest BCUT2D eigenvalue weighted by molar-refractivity contribution is 5.97. The number of carbonyl (C=O) groups excluding carboxylic acids is 2. The molecule has 8 heteroatoms. The zero-order valence-corrected chi connectivity index (χ0v) is 19.1. The van der Waals surface area contributed by atoms with Crippen molar-refractivity contribution in [3.8, 4) is 5.75 Å². The van der Waals surface area contributed by atoms with Gasteiger partial charge in [-0.3, -0.25) is 9.59 Å². The Balaban J connectivity index is 1.38. The molecule has 0 spiro atoms. The molecular weight excluding hydrogens is 422 g/mol. The van der Waals surface area contributed by atoms with Crippen molar-refractivity contribution in [1.29, 1.82) is 0 Å². The smallest absolute Gasteiger partial charge is 0.255 e. The van der Waals surface area contributed by atoms with E-state index in [1.165, 1.54) is 31.2 Å². The lowest BCUT2D eigenvalue weighted by molar-refractivity contribution is -0.131. The van der Waals surface area contributed by atoms with E-state index in [0.717, 1.165) is 6.42 Å². The summed E-state index contributed by atoms with van der Waals surface area (Å²) in [5.41, 5.74) is 1.78. The van der Waals surface area contributed by atoms with Crippen LogP contribution in [0.1, 0.15) is 73.2 Å². The topological polar surface area (TPSA) is 109 Å². The first-order chi connectivity index (χ1) is 16.1. The summed E-state index contributed by atoms with van der Waals surface area (Å²) in [6.07, 6.45) is 6.38. The van der Waals surface area contributed by atoms with Gasteiger partial charge in [0.05, 0.1) is 30.4 Å². The van der Waals surface area contributed by atoms with Gasteiger partial charge in [-0.2, -0.15) is 0 Å². The van der Waals surface area contributed by atoms with Gasteiger partial charge in [0.15, 0.2) is 0 Å². The average Bonchev–Trinajstić information content (AvgIpc) is 3.51. The van der Waals surface area contributed by atoms with Gasteiger partial charge in [0, 0.05) is 25.6 Å². The Morgan fingerprint density at radius 1 is 1.00 bits per heavy atom. The molecule has 0 radical (unpaired) electrons. The summed E-state index contributed by atoms with van der Waals surface area (Å²) >= 11 is 0. The molecule has 3 aliphatic heterocycles. The second-order valence-corrected chi connectivity index (χ2v) is 9.93. The number of hydrogen-bond acceptors (Lipinski definition) is 6. The van der Waals surface area contributed by atoms with Gasteiger partial charge >= 0.3 is 0 Å². The number of benzene rings is 1. The van der Waals surface area contributed by atoms with Gasteiger partial charge in [-0.25, -0.2) is 0 Å². The maximum atomic E-state index is 13.1. The van der Waals surface area contributed by atoms with E-state index >= 15 is 0 Å². The number of carbonyl (C=O) groups is 2. The number of nitrogens with one attached hydrogen (secondary N) is 3. The molecule has 5 rings (SSSR count). The van der Waals surface area contributed by atoms with Gasteiger partial charge < -0.3 is 30.5 Å². The maximum Gasteiger partial charge on any atom is 0.255 e. The van der Waals surface area contributed by atoms with E-state index in [2.05, 4.69) is 22.0 Å². The van der Waals surface area contributed by atoms with Gasteiger partial charge in [0.1, 0.15) is 11.9 Å². The third-order valence-electron chi connectivity index (χ3n) is 7.62. The van der Waals surface area contributed by atoms with Crippen molar-refractivity contribution >= 4 is 11.8 Å².